The molecule has 0 saturated carbocycles. The molecule has 4 aromatic rings. The molecule has 4 rings (SSSR count). The standard InChI is InChI=1S/C24H18Cl3N3O2/c1-13-22(14-5-7-15(25)8-6-14)23(30-24(28)29-13)17-10-9-16(11-21(17)31)32-12-18-19(26)3-2-4-20(18)27/h2-11,31H,12H2,1H3,(H2,28,29,30). The van der Waals surface area contributed by atoms with Gasteiger partial charge in [0, 0.05) is 37.8 Å². The lowest BCUT2D eigenvalue weighted by Crippen LogP contribution is -2.03. The van der Waals surface area contributed by atoms with Gasteiger partial charge in [0.25, 0.3) is 0 Å². The molecule has 0 saturated heterocycles. The summed E-state index contributed by atoms with van der Waals surface area (Å²) in [7, 11) is 0. The van der Waals surface area contributed by atoms with E-state index in [0.717, 1.165) is 11.1 Å². The summed E-state index contributed by atoms with van der Waals surface area (Å²) in [6, 6.07) is 17.5. The first-order valence-electron chi connectivity index (χ1n) is 9.62. The fourth-order valence-electron chi connectivity index (χ4n) is 3.38. The summed E-state index contributed by atoms with van der Waals surface area (Å²) < 4.78 is 5.80. The topological polar surface area (TPSA) is 81.3 Å². The van der Waals surface area contributed by atoms with Gasteiger partial charge in [-0.1, -0.05) is 53.0 Å². The number of halogens is 3. The van der Waals surface area contributed by atoms with Crippen LogP contribution >= 0.6 is 34.8 Å². The molecule has 0 bridgehead atoms. The van der Waals surface area contributed by atoms with Gasteiger partial charge in [0.2, 0.25) is 5.95 Å². The number of nitrogens with zero attached hydrogens (tertiary/aromatic N) is 2. The highest BCUT2D eigenvalue weighted by Gasteiger charge is 2.18. The van der Waals surface area contributed by atoms with E-state index in [-0.39, 0.29) is 18.3 Å². The van der Waals surface area contributed by atoms with Crippen LogP contribution in [0, 0.1) is 6.92 Å². The Morgan fingerprint density at radius 3 is 2.28 bits per heavy atom. The van der Waals surface area contributed by atoms with Crippen molar-refractivity contribution in [2.45, 2.75) is 13.5 Å². The van der Waals surface area contributed by atoms with Gasteiger partial charge in [0.05, 0.1) is 11.4 Å². The molecule has 0 radical (unpaired) electrons. The Kier molecular flexibility index (Phi) is 6.42. The van der Waals surface area contributed by atoms with E-state index in [2.05, 4.69) is 9.97 Å². The molecule has 0 fully saturated rings. The number of ether oxygens (including phenoxy) is 1. The summed E-state index contributed by atoms with van der Waals surface area (Å²) in [6.45, 7) is 2.00. The van der Waals surface area contributed by atoms with Gasteiger partial charge < -0.3 is 15.6 Å². The molecule has 3 aromatic carbocycles. The maximum Gasteiger partial charge on any atom is 0.220 e. The lowest BCUT2D eigenvalue weighted by molar-refractivity contribution is 0.304. The minimum atomic E-state index is -0.0135. The first kappa shape index (κ1) is 22.2. The first-order chi connectivity index (χ1) is 15.3. The number of nitrogens with two attached hydrogens (primary N) is 1. The minimum absolute atomic E-state index is 0.0135. The van der Waals surface area contributed by atoms with E-state index >= 15 is 0 Å². The van der Waals surface area contributed by atoms with E-state index in [9.17, 15) is 5.11 Å². The van der Waals surface area contributed by atoms with Crippen molar-refractivity contribution in [2.75, 3.05) is 5.73 Å². The predicted molar refractivity (Wildman–Crippen MR) is 130 cm³/mol. The van der Waals surface area contributed by atoms with E-state index in [1.54, 1.807) is 42.5 Å². The summed E-state index contributed by atoms with van der Waals surface area (Å²) in [5, 5.41) is 12.4. The summed E-state index contributed by atoms with van der Waals surface area (Å²) in [5.74, 6) is 0.554. The molecule has 0 atom stereocenters. The van der Waals surface area contributed by atoms with Crippen LogP contribution < -0.4 is 10.5 Å². The number of rotatable bonds is 5. The number of hydrogen-bond donors (Lipinski definition) is 2. The van der Waals surface area contributed by atoms with Gasteiger partial charge in [-0.15, -0.1) is 0 Å². The fraction of sp³-hybridized carbons (Fsp3) is 0.0833. The van der Waals surface area contributed by atoms with Crippen LogP contribution in [0.1, 0.15) is 11.3 Å². The van der Waals surface area contributed by atoms with Crippen LogP contribution in [-0.4, -0.2) is 15.1 Å². The summed E-state index contributed by atoms with van der Waals surface area (Å²) in [6.07, 6.45) is 0. The maximum atomic E-state index is 10.8. The zero-order chi connectivity index (χ0) is 22.8. The predicted octanol–water partition coefficient (Wildman–Crippen LogP) is 6.95. The molecule has 32 heavy (non-hydrogen) atoms. The van der Waals surface area contributed by atoms with Gasteiger partial charge in [-0.05, 0) is 48.9 Å². The van der Waals surface area contributed by atoms with Gasteiger partial charge in [0.15, 0.2) is 0 Å². The van der Waals surface area contributed by atoms with Crippen molar-refractivity contribution >= 4 is 40.8 Å². The van der Waals surface area contributed by atoms with Gasteiger partial charge in [-0.2, -0.15) is 0 Å². The Balaban J connectivity index is 1.70. The molecule has 0 aliphatic carbocycles. The van der Waals surface area contributed by atoms with Crippen molar-refractivity contribution in [3.63, 3.8) is 0 Å². The zero-order valence-corrected chi connectivity index (χ0v) is 19.2. The highest BCUT2D eigenvalue weighted by molar-refractivity contribution is 6.36. The van der Waals surface area contributed by atoms with E-state index in [4.69, 9.17) is 45.3 Å². The monoisotopic (exact) mass is 485 g/mol. The maximum absolute atomic E-state index is 10.8. The molecule has 162 valence electrons. The van der Waals surface area contributed by atoms with Crippen molar-refractivity contribution in [2.24, 2.45) is 0 Å². The second-order valence-corrected chi connectivity index (χ2v) is 8.32. The largest absolute Gasteiger partial charge is 0.507 e. The summed E-state index contributed by atoms with van der Waals surface area (Å²) in [5.41, 5.74) is 9.88. The molecule has 1 heterocycles. The van der Waals surface area contributed by atoms with Crippen LogP contribution in [0.4, 0.5) is 5.95 Å². The van der Waals surface area contributed by atoms with Crippen LogP contribution in [0.3, 0.4) is 0 Å². The van der Waals surface area contributed by atoms with Crippen LogP contribution in [-0.2, 0) is 6.61 Å². The van der Waals surface area contributed by atoms with Gasteiger partial charge in [0.1, 0.15) is 18.1 Å². The van der Waals surface area contributed by atoms with Gasteiger partial charge in [-0.3, -0.25) is 0 Å². The minimum Gasteiger partial charge on any atom is -0.507 e. The van der Waals surface area contributed by atoms with E-state index in [0.29, 0.717) is 43.3 Å². The van der Waals surface area contributed by atoms with Gasteiger partial charge >= 0.3 is 0 Å². The van der Waals surface area contributed by atoms with Crippen LogP contribution in [0.5, 0.6) is 11.5 Å². The van der Waals surface area contributed by atoms with Crippen molar-refractivity contribution < 1.29 is 9.84 Å². The Labute approximate surface area is 200 Å². The lowest BCUT2D eigenvalue weighted by atomic mass is 9.97. The number of phenols is 1. The number of phenolic OH excluding ortho intramolecular Hbond substituents is 1. The van der Waals surface area contributed by atoms with E-state index in [1.165, 1.54) is 6.07 Å². The average Bonchev–Trinajstić information content (AvgIpc) is 2.74. The molecule has 0 aliphatic heterocycles. The van der Waals surface area contributed by atoms with Crippen molar-refractivity contribution in [1.29, 1.82) is 0 Å². The summed E-state index contributed by atoms with van der Waals surface area (Å²) in [4.78, 5) is 8.70. The number of aromatic nitrogens is 2. The van der Waals surface area contributed by atoms with Crippen LogP contribution in [0.2, 0.25) is 15.1 Å². The SMILES string of the molecule is Cc1nc(N)nc(-c2ccc(OCc3c(Cl)cccc3Cl)cc2O)c1-c1ccc(Cl)cc1. The van der Waals surface area contributed by atoms with Crippen molar-refractivity contribution in [3.8, 4) is 33.9 Å². The Bertz CT molecular complexity index is 1270. The van der Waals surface area contributed by atoms with E-state index < -0.39 is 0 Å². The number of aromatic hydroxyl groups is 1. The molecule has 1 aromatic heterocycles. The number of hydrogen-bond acceptors (Lipinski definition) is 5. The smallest absolute Gasteiger partial charge is 0.220 e. The molecule has 0 unspecified atom stereocenters. The Hall–Kier alpha value is -2.99. The second-order valence-electron chi connectivity index (χ2n) is 7.07. The van der Waals surface area contributed by atoms with E-state index in [1.807, 2.05) is 19.1 Å². The second kappa shape index (κ2) is 9.25. The third kappa shape index (κ3) is 4.60. The third-order valence-electron chi connectivity index (χ3n) is 4.91. The Morgan fingerprint density at radius 1 is 0.938 bits per heavy atom. The highest BCUT2D eigenvalue weighted by atomic mass is 35.5. The first-order valence-corrected chi connectivity index (χ1v) is 10.8. The fourth-order valence-corrected chi connectivity index (χ4v) is 4.01. The number of anilines is 1. The third-order valence-corrected chi connectivity index (χ3v) is 5.87. The lowest BCUT2D eigenvalue weighted by Gasteiger charge is -2.15. The number of aryl methyl sites for hydroxylation is 1. The van der Waals surface area contributed by atoms with Gasteiger partial charge in [-0.25, -0.2) is 9.97 Å². The molecular weight excluding hydrogens is 469 g/mol. The summed E-state index contributed by atoms with van der Waals surface area (Å²) >= 11 is 18.4. The number of nitrogen functional groups attached to an aromatic ring is 1. The molecular formula is C24H18Cl3N3O2. The molecule has 5 nitrogen and oxygen atoms in total. The molecule has 0 amide bonds. The average molecular weight is 487 g/mol. The quantitative estimate of drug-likeness (QED) is 0.319. The van der Waals surface area contributed by atoms with Crippen molar-refractivity contribution in [1.82, 2.24) is 9.97 Å². The normalized spacial score (nSPS) is 10.9. The van der Waals surface area contributed by atoms with Crippen LogP contribution in [0.25, 0.3) is 22.4 Å². The molecule has 8 heteroatoms. The van der Waals surface area contributed by atoms with Crippen LogP contribution in [0.15, 0.2) is 60.7 Å². The molecule has 0 spiro atoms. The Morgan fingerprint density at radius 2 is 1.62 bits per heavy atom. The zero-order valence-electron chi connectivity index (χ0n) is 16.9. The van der Waals surface area contributed by atoms with Crippen molar-refractivity contribution in [3.05, 3.63) is 87.0 Å². The molecule has 0 aliphatic rings. The number of benzene rings is 3. The molecule has 3 N–H and O–H groups in total. The highest BCUT2D eigenvalue weighted by Crippen LogP contribution is 2.39.